The number of hydrogen-bond acceptors (Lipinski definition) is 9. The molecule has 0 unspecified atom stereocenters. The average molecular weight is 373 g/mol. The molecule has 0 aliphatic heterocycles. The molecule has 3 aromatic rings. The molecule has 3 aromatic heterocycles. The molecule has 0 aliphatic carbocycles. The molecular weight excluding hydrogens is 354 g/mol. The van der Waals surface area contributed by atoms with Crippen molar-refractivity contribution in [3.63, 3.8) is 0 Å². The lowest BCUT2D eigenvalue weighted by Crippen LogP contribution is -2.10. The van der Waals surface area contributed by atoms with Crippen molar-refractivity contribution in [1.29, 1.82) is 0 Å². The first-order valence-corrected chi connectivity index (χ1v) is 8.21. The first kappa shape index (κ1) is 18.4. The van der Waals surface area contributed by atoms with Crippen LogP contribution in [-0.4, -0.2) is 38.3 Å². The van der Waals surface area contributed by atoms with Gasteiger partial charge in [0.2, 0.25) is 5.71 Å². The van der Waals surface area contributed by atoms with Crippen molar-refractivity contribution >= 4 is 28.9 Å². The van der Waals surface area contributed by atoms with Crippen molar-refractivity contribution < 1.29 is 23.5 Å². The number of hydrogen-bond donors (Lipinski definition) is 1. The fourth-order valence-electron chi connectivity index (χ4n) is 2.60. The van der Waals surface area contributed by atoms with Gasteiger partial charge in [-0.05, 0) is 20.8 Å². The van der Waals surface area contributed by atoms with Crippen molar-refractivity contribution in [2.24, 2.45) is 7.05 Å². The Morgan fingerprint density at radius 2 is 1.96 bits per heavy atom. The van der Waals surface area contributed by atoms with Gasteiger partial charge in [0.1, 0.15) is 22.7 Å². The number of carbonyl (C=O) groups is 2. The summed E-state index contributed by atoms with van der Waals surface area (Å²) in [4.78, 5) is 32.6. The molecule has 0 fully saturated rings. The number of furan rings is 1. The normalized spacial score (nSPS) is 11.0. The minimum Gasteiger partial charge on any atom is -0.462 e. The Hall–Kier alpha value is -3.43. The number of aryl methyl sites for hydroxylation is 2. The molecule has 0 atom stereocenters. The predicted octanol–water partition coefficient (Wildman–Crippen LogP) is 1.69. The van der Waals surface area contributed by atoms with Gasteiger partial charge in [0.25, 0.3) is 0 Å². The lowest BCUT2D eigenvalue weighted by atomic mass is 10.2. The van der Waals surface area contributed by atoms with E-state index in [9.17, 15) is 9.59 Å². The van der Waals surface area contributed by atoms with Crippen LogP contribution in [-0.2, 0) is 23.1 Å². The monoisotopic (exact) mass is 373 g/mol. The summed E-state index contributed by atoms with van der Waals surface area (Å²) in [5.74, 6) is -0.590. The Labute approximate surface area is 154 Å². The van der Waals surface area contributed by atoms with Crippen molar-refractivity contribution in [2.45, 2.75) is 27.4 Å². The van der Waals surface area contributed by atoms with Crippen LogP contribution in [0, 0.1) is 13.8 Å². The third-order valence-electron chi connectivity index (χ3n) is 4.07. The molecular formula is C17H19N5O5. The highest BCUT2D eigenvalue weighted by Gasteiger charge is 2.24. The first-order valence-electron chi connectivity index (χ1n) is 8.21. The Morgan fingerprint density at radius 1 is 1.22 bits per heavy atom. The summed E-state index contributed by atoms with van der Waals surface area (Å²) < 4.78 is 17.3. The van der Waals surface area contributed by atoms with Gasteiger partial charge < -0.3 is 19.6 Å². The number of fused-ring (bicyclic) bond motifs is 1. The van der Waals surface area contributed by atoms with E-state index in [0.717, 1.165) is 0 Å². The molecule has 0 spiro atoms. The van der Waals surface area contributed by atoms with E-state index in [-0.39, 0.29) is 41.5 Å². The molecule has 0 radical (unpaired) electrons. The summed E-state index contributed by atoms with van der Waals surface area (Å²) >= 11 is 0. The number of nitrogens with zero attached hydrogens (tertiary/aromatic N) is 4. The summed E-state index contributed by atoms with van der Waals surface area (Å²) in [6, 6.07) is 0. The minimum atomic E-state index is -0.560. The van der Waals surface area contributed by atoms with Crippen LogP contribution in [0.5, 0.6) is 0 Å². The van der Waals surface area contributed by atoms with Crippen LogP contribution in [0.25, 0.3) is 11.1 Å². The lowest BCUT2D eigenvalue weighted by Gasteiger charge is -2.05. The number of aromatic nitrogens is 4. The highest BCUT2D eigenvalue weighted by molar-refractivity contribution is 6.07. The summed E-state index contributed by atoms with van der Waals surface area (Å²) in [6.07, 6.45) is 1.43. The fourth-order valence-corrected chi connectivity index (χ4v) is 2.60. The van der Waals surface area contributed by atoms with E-state index >= 15 is 0 Å². The fraction of sp³-hybridized carbons (Fsp3) is 0.353. The Bertz CT molecular complexity index is 1040. The Morgan fingerprint density at radius 3 is 2.59 bits per heavy atom. The highest BCUT2D eigenvalue weighted by Crippen LogP contribution is 2.29. The molecule has 0 saturated carbocycles. The van der Waals surface area contributed by atoms with Crippen LogP contribution in [0.3, 0.4) is 0 Å². The first-order chi connectivity index (χ1) is 12.8. The zero-order valence-electron chi connectivity index (χ0n) is 15.4. The maximum absolute atomic E-state index is 12.2. The third-order valence-corrected chi connectivity index (χ3v) is 4.07. The van der Waals surface area contributed by atoms with Crippen LogP contribution in [0.1, 0.15) is 44.9 Å². The van der Waals surface area contributed by atoms with Gasteiger partial charge in [-0.15, -0.1) is 0 Å². The summed E-state index contributed by atoms with van der Waals surface area (Å²) in [6.45, 7) is 5.08. The lowest BCUT2D eigenvalue weighted by molar-refractivity contribution is 0.0460. The van der Waals surface area contributed by atoms with E-state index in [4.69, 9.17) is 19.6 Å². The van der Waals surface area contributed by atoms with Gasteiger partial charge in [-0.1, -0.05) is 0 Å². The smallest absolute Gasteiger partial charge is 0.342 e. The third kappa shape index (κ3) is 3.33. The van der Waals surface area contributed by atoms with Gasteiger partial charge in [-0.25, -0.2) is 14.6 Å². The van der Waals surface area contributed by atoms with E-state index in [0.29, 0.717) is 17.0 Å². The molecule has 0 amide bonds. The molecule has 0 saturated heterocycles. The van der Waals surface area contributed by atoms with Gasteiger partial charge in [-0.3, -0.25) is 4.68 Å². The van der Waals surface area contributed by atoms with E-state index < -0.39 is 11.9 Å². The second kappa shape index (κ2) is 7.06. The Balaban J connectivity index is 1.85. The number of nitrogens with two attached hydrogens (primary N) is 1. The van der Waals surface area contributed by atoms with Crippen molar-refractivity contribution in [3.8, 4) is 0 Å². The number of esters is 2. The molecule has 10 heteroatoms. The van der Waals surface area contributed by atoms with Crippen molar-refractivity contribution in [2.75, 3.05) is 12.3 Å². The molecule has 0 bridgehead atoms. The molecule has 2 N–H and O–H groups in total. The topological polar surface area (TPSA) is 135 Å². The van der Waals surface area contributed by atoms with E-state index in [1.54, 1.807) is 32.5 Å². The Kier molecular flexibility index (Phi) is 4.80. The molecule has 0 aromatic carbocycles. The zero-order valence-corrected chi connectivity index (χ0v) is 15.4. The van der Waals surface area contributed by atoms with Gasteiger partial charge in [0.05, 0.1) is 18.2 Å². The standard InChI is InChI=1S/C17H19N5O5/c1-5-25-17(24)12-9(3)27-15-13(12)14(18)20-11(21-15)7-26-16(23)10-6-19-22(4)8(10)2/h6H,5,7H2,1-4H3,(H2,18,20,21). The van der Waals surface area contributed by atoms with E-state index in [1.807, 2.05) is 0 Å². The molecule has 10 nitrogen and oxygen atoms in total. The highest BCUT2D eigenvalue weighted by atomic mass is 16.5. The van der Waals surface area contributed by atoms with Crippen LogP contribution < -0.4 is 5.73 Å². The van der Waals surface area contributed by atoms with E-state index in [1.165, 1.54) is 6.20 Å². The average Bonchev–Trinajstić information content (AvgIpc) is 3.12. The second-order valence-corrected chi connectivity index (χ2v) is 5.80. The summed E-state index contributed by atoms with van der Waals surface area (Å²) in [5, 5.41) is 4.28. The quantitative estimate of drug-likeness (QED) is 0.662. The maximum Gasteiger partial charge on any atom is 0.342 e. The number of anilines is 1. The molecule has 142 valence electrons. The number of carbonyl (C=O) groups excluding carboxylic acids is 2. The van der Waals surface area contributed by atoms with Crippen LogP contribution in [0.4, 0.5) is 5.82 Å². The molecule has 3 rings (SSSR count). The van der Waals surface area contributed by atoms with Gasteiger partial charge in [0.15, 0.2) is 12.4 Å². The van der Waals surface area contributed by atoms with Crippen molar-refractivity contribution in [3.05, 3.63) is 34.6 Å². The van der Waals surface area contributed by atoms with Crippen LogP contribution in [0.15, 0.2) is 10.6 Å². The van der Waals surface area contributed by atoms with Gasteiger partial charge in [-0.2, -0.15) is 10.1 Å². The zero-order chi connectivity index (χ0) is 19.7. The van der Waals surface area contributed by atoms with Crippen LogP contribution in [0.2, 0.25) is 0 Å². The van der Waals surface area contributed by atoms with E-state index in [2.05, 4.69) is 15.1 Å². The second-order valence-electron chi connectivity index (χ2n) is 5.80. The maximum atomic E-state index is 12.2. The summed E-state index contributed by atoms with van der Waals surface area (Å²) in [7, 11) is 1.73. The number of rotatable bonds is 5. The largest absolute Gasteiger partial charge is 0.462 e. The molecule has 27 heavy (non-hydrogen) atoms. The van der Waals surface area contributed by atoms with Gasteiger partial charge >= 0.3 is 11.9 Å². The number of nitrogen functional groups attached to an aromatic ring is 1. The SMILES string of the molecule is CCOC(=O)c1c(C)oc2nc(COC(=O)c3cnn(C)c3C)nc(N)c12. The predicted molar refractivity (Wildman–Crippen MR) is 94.0 cm³/mol. The van der Waals surface area contributed by atoms with Crippen molar-refractivity contribution in [1.82, 2.24) is 19.7 Å². The molecule has 0 aliphatic rings. The summed E-state index contributed by atoms with van der Waals surface area (Å²) in [5.41, 5.74) is 7.33. The molecule has 3 heterocycles. The van der Waals surface area contributed by atoms with Gasteiger partial charge in [0, 0.05) is 12.7 Å². The number of ether oxygens (including phenoxy) is 2. The minimum absolute atomic E-state index is 0.0449. The van der Waals surface area contributed by atoms with Crippen LogP contribution >= 0.6 is 0 Å².